The summed E-state index contributed by atoms with van der Waals surface area (Å²) in [6.07, 6.45) is 12.4. The van der Waals surface area contributed by atoms with Crippen molar-refractivity contribution in [3.05, 3.63) is 0 Å². The van der Waals surface area contributed by atoms with Crippen LogP contribution in [-0.2, 0) is 9.63 Å². The van der Waals surface area contributed by atoms with Gasteiger partial charge < -0.3 is 21.2 Å². The Hall–Kier alpha value is -0.690. The van der Waals surface area contributed by atoms with E-state index in [-0.39, 0.29) is 5.97 Å². The van der Waals surface area contributed by atoms with Crippen molar-refractivity contribution in [3.8, 4) is 0 Å². The molecular weight excluding hydrogens is 328 g/mol. The minimum Gasteiger partial charge on any atom is -0.368 e. The highest BCUT2D eigenvalue weighted by Crippen LogP contribution is 2.23. The lowest BCUT2D eigenvalue weighted by atomic mass is 9.95. The summed E-state index contributed by atoms with van der Waals surface area (Å²) in [5.41, 5.74) is 5.46. The molecule has 6 heteroatoms. The average Bonchev–Trinajstić information content (AvgIpc) is 2.67. The number of carbonyl (C=O) groups is 1. The molecule has 26 heavy (non-hydrogen) atoms. The van der Waals surface area contributed by atoms with E-state index in [2.05, 4.69) is 17.6 Å². The van der Waals surface area contributed by atoms with Gasteiger partial charge in [-0.1, -0.05) is 51.9 Å². The second-order valence-corrected chi connectivity index (χ2v) is 7.35. The van der Waals surface area contributed by atoms with Crippen LogP contribution < -0.4 is 16.4 Å². The average molecular weight is 371 g/mol. The number of nitrogens with two attached hydrogens (primary N) is 1. The van der Waals surface area contributed by atoms with E-state index in [1.165, 1.54) is 38.5 Å². The van der Waals surface area contributed by atoms with Crippen LogP contribution >= 0.6 is 0 Å². The first-order valence-electron chi connectivity index (χ1n) is 10.9. The summed E-state index contributed by atoms with van der Waals surface area (Å²) in [6, 6.07) is 0.393. The summed E-state index contributed by atoms with van der Waals surface area (Å²) in [5.74, 6) is -0.0586. The van der Waals surface area contributed by atoms with Crippen molar-refractivity contribution < 1.29 is 9.63 Å². The molecule has 0 radical (unpaired) electrons. The van der Waals surface area contributed by atoms with Crippen LogP contribution in [0.2, 0.25) is 0 Å². The molecule has 0 aliphatic heterocycles. The Morgan fingerprint density at radius 2 is 1.69 bits per heavy atom. The van der Waals surface area contributed by atoms with Crippen LogP contribution in [0, 0.1) is 0 Å². The summed E-state index contributed by atoms with van der Waals surface area (Å²) >= 11 is 0. The summed E-state index contributed by atoms with van der Waals surface area (Å²) in [5, 5.41) is 8.65. The Balaban J connectivity index is 2.25. The number of unbranched alkanes of at least 4 members (excludes halogenated alkanes) is 4. The van der Waals surface area contributed by atoms with Crippen LogP contribution in [0.1, 0.15) is 77.6 Å². The molecule has 0 heterocycles. The highest BCUT2D eigenvalue weighted by molar-refractivity contribution is 5.68. The highest BCUT2D eigenvalue weighted by atomic mass is 16.7. The van der Waals surface area contributed by atoms with Gasteiger partial charge in [0.1, 0.15) is 0 Å². The molecule has 1 aliphatic rings. The lowest BCUT2D eigenvalue weighted by Gasteiger charge is -2.32. The van der Waals surface area contributed by atoms with E-state index in [0.29, 0.717) is 19.0 Å². The number of hydroxylamine groups is 2. The van der Waals surface area contributed by atoms with Gasteiger partial charge in [0.05, 0.1) is 0 Å². The van der Waals surface area contributed by atoms with Crippen LogP contribution in [0.15, 0.2) is 0 Å². The molecule has 0 aromatic rings. The van der Waals surface area contributed by atoms with E-state index >= 15 is 0 Å². The van der Waals surface area contributed by atoms with Crippen LogP contribution in [-0.4, -0.2) is 56.3 Å². The molecule has 0 aromatic carbocycles. The Labute approximate surface area is 160 Å². The van der Waals surface area contributed by atoms with Gasteiger partial charge >= 0.3 is 5.97 Å². The van der Waals surface area contributed by atoms with Crippen molar-refractivity contribution in [2.45, 2.75) is 83.6 Å². The van der Waals surface area contributed by atoms with Crippen LogP contribution in [0.3, 0.4) is 0 Å². The predicted octanol–water partition coefficient (Wildman–Crippen LogP) is 2.58. The Bertz CT molecular complexity index is 336. The molecule has 0 bridgehead atoms. The van der Waals surface area contributed by atoms with E-state index in [1.54, 1.807) is 0 Å². The fraction of sp³-hybridized carbons (Fsp3) is 0.950. The summed E-state index contributed by atoms with van der Waals surface area (Å²) in [6.45, 7) is 7.16. The first kappa shape index (κ1) is 23.3. The number of nitrogens with zero attached hydrogens (tertiary/aromatic N) is 1. The quantitative estimate of drug-likeness (QED) is 0.286. The SMILES string of the molecule is CCCCCCCC(=O)ON(CCNCCNCCN)C1CCCCC1. The van der Waals surface area contributed by atoms with Gasteiger partial charge in [0.25, 0.3) is 0 Å². The molecular formula is C20H42N4O2. The molecule has 0 amide bonds. The third kappa shape index (κ3) is 11.8. The van der Waals surface area contributed by atoms with Gasteiger partial charge in [0.2, 0.25) is 0 Å². The molecule has 0 aromatic heterocycles. The van der Waals surface area contributed by atoms with Gasteiger partial charge in [0.15, 0.2) is 0 Å². The molecule has 0 saturated heterocycles. The second kappa shape index (κ2) is 16.5. The Morgan fingerprint density at radius 3 is 2.38 bits per heavy atom. The van der Waals surface area contributed by atoms with Crippen molar-refractivity contribution in [1.29, 1.82) is 0 Å². The Morgan fingerprint density at radius 1 is 1.00 bits per heavy atom. The van der Waals surface area contributed by atoms with Crippen molar-refractivity contribution in [1.82, 2.24) is 15.7 Å². The number of rotatable bonds is 16. The molecule has 1 saturated carbocycles. The van der Waals surface area contributed by atoms with Gasteiger partial charge in [-0.2, -0.15) is 0 Å². The van der Waals surface area contributed by atoms with Gasteiger partial charge in [0, 0.05) is 51.7 Å². The first-order chi connectivity index (χ1) is 12.8. The number of hydrogen-bond acceptors (Lipinski definition) is 6. The summed E-state index contributed by atoms with van der Waals surface area (Å²) < 4.78 is 0. The molecule has 6 nitrogen and oxygen atoms in total. The molecule has 0 atom stereocenters. The minimum absolute atomic E-state index is 0.0586. The van der Waals surface area contributed by atoms with Gasteiger partial charge in [-0.3, -0.25) is 4.79 Å². The van der Waals surface area contributed by atoms with Crippen molar-refractivity contribution in [3.63, 3.8) is 0 Å². The topological polar surface area (TPSA) is 79.6 Å². The predicted molar refractivity (Wildman–Crippen MR) is 108 cm³/mol. The van der Waals surface area contributed by atoms with Crippen LogP contribution in [0.5, 0.6) is 0 Å². The second-order valence-electron chi connectivity index (χ2n) is 7.35. The third-order valence-electron chi connectivity index (χ3n) is 4.99. The van der Waals surface area contributed by atoms with Gasteiger partial charge in [-0.15, -0.1) is 5.06 Å². The van der Waals surface area contributed by atoms with Crippen molar-refractivity contribution >= 4 is 5.97 Å². The number of nitrogens with one attached hydrogen (secondary N) is 2. The lowest BCUT2D eigenvalue weighted by Crippen LogP contribution is -2.43. The zero-order valence-electron chi connectivity index (χ0n) is 16.9. The molecule has 0 spiro atoms. The van der Waals surface area contributed by atoms with Crippen LogP contribution in [0.4, 0.5) is 0 Å². The molecule has 1 rings (SSSR count). The van der Waals surface area contributed by atoms with E-state index in [4.69, 9.17) is 10.6 Å². The lowest BCUT2D eigenvalue weighted by molar-refractivity contribution is -0.204. The standard InChI is InChI=1S/C20H42N4O2/c1-2-3-4-5-9-12-20(25)26-24(19-10-7-6-8-11-19)18-17-23-16-15-22-14-13-21/h19,22-23H,2-18,21H2,1H3. The first-order valence-corrected chi connectivity index (χ1v) is 10.9. The fourth-order valence-electron chi connectivity index (χ4n) is 3.44. The molecule has 1 fully saturated rings. The van der Waals surface area contributed by atoms with Crippen LogP contribution in [0.25, 0.3) is 0 Å². The smallest absolute Gasteiger partial charge is 0.325 e. The maximum Gasteiger partial charge on any atom is 0.325 e. The third-order valence-corrected chi connectivity index (χ3v) is 4.99. The molecule has 154 valence electrons. The van der Waals surface area contributed by atoms with Gasteiger partial charge in [-0.25, -0.2) is 0 Å². The molecule has 0 unspecified atom stereocenters. The van der Waals surface area contributed by atoms with Crippen molar-refractivity contribution in [2.24, 2.45) is 5.73 Å². The maximum atomic E-state index is 12.2. The maximum absolute atomic E-state index is 12.2. The fourth-order valence-corrected chi connectivity index (χ4v) is 3.44. The summed E-state index contributed by atoms with van der Waals surface area (Å²) in [7, 11) is 0. The van der Waals surface area contributed by atoms with Gasteiger partial charge in [-0.05, 0) is 19.3 Å². The number of hydrogen-bond donors (Lipinski definition) is 3. The number of carbonyl (C=O) groups excluding carboxylic acids is 1. The van der Waals surface area contributed by atoms with Crippen molar-refractivity contribution in [2.75, 3.05) is 39.3 Å². The monoisotopic (exact) mass is 370 g/mol. The normalized spacial score (nSPS) is 15.5. The van der Waals surface area contributed by atoms with E-state index < -0.39 is 0 Å². The molecule has 4 N–H and O–H groups in total. The largest absolute Gasteiger partial charge is 0.368 e. The minimum atomic E-state index is -0.0586. The van der Waals surface area contributed by atoms with E-state index in [9.17, 15) is 4.79 Å². The van der Waals surface area contributed by atoms with E-state index in [1.807, 2.05) is 5.06 Å². The zero-order valence-corrected chi connectivity index (χ0v) is 16.9. The summed E-state index contributed by atoms with van der Waals surface area (Å²) in [4.78, 5) is 18.0. The highest BCUT2D eigenvalue weighted by Gasteiger charge is 2.24. The Kier molecular flexibility index (Phi) is 14.8. The molecule has 1 aliphatic carbocycles. The van der Waals surface area contributed by atoms with E-state index in [0.717, 1.165) is 58.4 Å². The zero-order chi connectivity index (χ0) is 18.9.